The summed E-state index contributed by atoms with van der Waals surface area (Å²) in [4.78, 5) is 12.9. The number of carbonyl (C=O) groups is 1. The molecule has 16 heavy (non-hydrogen) atoms. The van der Waals surface area contributed by atoms with Crippen molar-refractivity contribution < 1.29 is 4.79 Å². The van der Waals surface area contributed by atoms with E-state index in [1.54, 1.807) is 0 Å². The topological polar surface area (TPSA) is 72.1 Å². The van der Waals surface area contributed by atoms with Gasteiger partial charge in [0.1, 0.15) is 5.00 Å². The van der Waals surface area contributed by atoms with E-state index in [2.05, 4.69) is 9.59 Å². The van der Waals surface area contributed by atoms with Gasteiger partial charge in [-0.15, -0.1) is 5.10 Å². The van der Waals surface area contributed by atoms with Gasteiger partial charge < -0.3 is 5.73 Å². The molecular weight excluding hydrogens is 224 g/mol. The van der Waals surface area contributed by atoms with Crippen molar-refractivity contribution in [1.29, 1.82) is 0 Å². The Hall–Kier alpha value is -1.95. The summed E-state index contributed by atoms with van der Waals surface area (Å²) >= 11 is 1.13. The third-order valence-corrected chi connectivity index (χ3v) is 2.80. The molecule has 0 saturated carbocycles. The average Bonchev–Trinajstić information content (AvgIpc) is 2.74. The number of urea groups is 1. The highest BCUT2D eigenvalue weighted by atomic mass is 32.1. The third kappa shape index (κ3) is 1.87. The summed E-state index contributed by atoms with van der Waals surface area (Å²) in [6, 6.07) is 6.97. The first-order chi connectivity index (χ1) is 7.70. The second-order valence-electron chi connectivity index (χ2n) is 3.22. The van der Waals surface area contributed by atoms with Gasteiger partial charge in [0.2, 0.25) is 0 Å². The van der Waals surface area contributed by atoms with Gasteiger partial charge in [0.25, 0.3) is 0 Å². The molecule has 2 amide bonds. The van der Waals surface area contributed by atoms with Crippen LogP contribution in [0.25, 0.3) is 0 Å². The minimum atomic E-state index is -0.541. The van der Waals surface area contributed by atoms with Crippen molar-refractivity contribution in [2.75, 3.05) is 4.90 Å². The van der Waals surface area contributed by atoms with Crippen LogP contribution in [0.5, 0.6) is 0 Å². The van der Waals surface area contributed by atoms with Crippen LogP contribution >= 0.6 is 11.5 Å². The zero-order valence-electron chi connectivity index (χ0n) is 8.62. The van der Waals surface area contributed by atoms with Crippen molar-refractivity contribution >= 4 is 28.3 Å². The number of rotatable bonds is 2. The quantitative estimate of drug-likeness (QED) is 0.864. The fraction of sp³-hybridized carbons (Fsp3) is 0.100. The number of nitrogens with two attached hydrogens (primary N) is 1. The van der Waals surface area contributed by atoms with E-state index in [1.165, 1.54) is 11.1 Å². The number of hydrogen-bond acceptors (Lipinski definition) is 4. The summed E-state index contributed by atoms with van der Waals surface area (Å²) in [6.45, 7) is 1.92. The second-order valence-corrected chi connectivity index (χ2v) is 3.98. The summed E-state index contributed by atoms with van der Waals surface area (Å²) in [5, 5.41) is 4.31. The predicted octanol–water partition coefficient (Wildman–Crippen LogP) is 2.06. The molecule has 2 N–H and O–H groups in total. The highest BCUT2D eigenvalue weighted by molar-refractivity contribution is 7.10. The predicted molar refractivity (Wildman–Crippen MR) is 62.8 cm³/mol. The maximum absolute atomic E-state index is 11.4. The summed E-state index contributed by atoms with van der Waals surface area (Å²) in [7, 11) is 0. The third-order valence-electron chi connectivity index (χ3n) is 2.15. The molecule has 1 heterocycles. The van der Waals surface area contributed by atoms with Crippen molar-refractivity contribution in [3.63, 3.8) is 0 Å². The number of primary amides is 1. The fourth-order valence-corrected chi connectivity index (χ4v) is 1.96. The number of nitrogens with zero attached hydrogens (tertiary/aromatic N) is 3. The number of aryl methyl sites for hydroxylation is 1. The van der Waals surface area contributed by atoms with Gasteiger partial charge in [0, 0.05) is 11.5 Å². The van der Waals surface area contributed by atoms with Crippen molar-refractivity contribution in [3.8, 4) is 0 Å². The molecule has 6 heteroatoms. The van der Waals surface area contributed by atoms with Crippen molar-refractivity contribution in [3.05, 3.63) is 36.0 Å². The molecule has 0 aliphatic rings. The largest absolute Gasteiger partial charge is 0.351 e. The van der Waals surface area contributed by atoms with E-state index in [1.807, 2.05) is 31.2 Å². The molecule has 5 nitrogen and oxygen atoms in total. The fourth-order valence-electron chi connectivity index (χ4n) is 1.42. The number of para-hydroxylation sites is 1. The Morgan fingerprint density at radius 1 is 1.44 bits per heavy atom. The normalized spacial score (nSPS) is 10.1. The molecule has 0 fully saturated rings. The molecule has 0 radical (unpaired) electrons. The Labute approximate surface area is 96.7 Å². The zero-order valence-corrected chi connectivity index (χ0v) is 9.44. The van der Waals surface area contributed by atoms with Crippen LogP contribution in [0.2, 0.25) is 0 Å². The molecular formula is C10H10N4OS. The smallest absolute Gasteiger partial charge is 0.324 e. The van der Waals surface area contributed by atoms with Gasteiger partial charge in [-0.05, 0) is 18.6 Å². The van der Waals surface area contributed by atoms with Gasteiger partial charge in [0.05, 0.1) is 11.9 Å². The van der Waals surface area contributed by atoms with Gasteiger partial charge in [-0.3, -0.25) is 4.90 Å². The van der Waals surface area contributed by atoms with Gasteiger partial charge >= 0.3 is 6.03 Å². The molecule has 0 aliphatic carbocycles. The monoisotopic (exact) mass is 234 g/mol. The van der Waals surface area contributed by atoms with E-state index in [9.17, 15) is 4.79 Å². The van der Waals surface area contributed by atoms with E-state index in [0.29, 0.717) is 5.00 Å². The lowest BCUT2D eigenvalue weighted by Gasteiger charge is -2.19. The van der Waals surface area contributed by atoms with Crippen LogP contribution in [0.1, 0.15) is 5.56 Å². The highest BCUT2D eigenvalue weighted by Crippen LogP contribution is 2.29. The second kappa shape index (κ2) is 4.28. The van der Waals surface area contributed by atoms with Gasteiger partial charge in [-0.1, -0.05) is 22.7 Å². The molecule has 0 atom stereocenters. The van der Waals surface area contributed by atoms with Gasteiger partial charge in [0.15, 0.2) is 0 Å². The molecule has 1 aromatic heterocycles. The van der Waals surface area contributed by atoms with Gasteiger partial charge in [-0.25, -0.2) is 4.79 Å². The molecule has 0 saturated heterocycles. The molecule has 0 bridgehead atoms. The van der Waals surface area contributed by atoms with Crippen molar-refractivity contribution in [2.24, 2.45) is 5.73 Å². The lowest BCUT2D eigenvalue weighted by molar-refractivity contribution is 0.256. The first-order valence-electron chi connectivity index (χ1n) is 4.62. The Morgan fingerprint density at radius 3 is 2.75 bits per heavy atom. The molecule has 0 spiro atoms. The Bertz CT molecular complexity index is 497. The number of carbonyl (C=O) groups excluding carboxylic acids is 1. The molecule has 2 aromatic rings. The van der Waals surface area contributed by atoms with Crippen LogP contribution in [-0.2, 0) is 0 Å². The van der Waals surface area contributed by atoms with E-state index in [-0.39, 0.29) is 0 Å². The van der Waals surface area contributed by atoms with Crippen molar-refractivity contribution in [1.82, 2.24) is 9.59 Å². The summed E-state index contributed by atoms with van der Waals surface area (Å²) in [6.07, 6.45) is 1.52. The van der Waals surface area contributed by atoms with Crippen LogP contribution < -0.4 is 10.6 Å². The average molecular weight is 234 g/mol. The molecule has 1 aromatic carbocycles. The Morgan fingerprint density at radius 2 is 2.19 bits per heavy atom. The maximum atomic E-state index is 11.4. The lowest BCUT2D eigenvalue weighted by atomic mass is 10.2. The maximum Gasteiger partial charge on any atom is 0.324 e. The number of aromatic nitrogens is 2. The van der Waals surface area contributed by atoms with Crippen LogP contribution in [0.3, 0.4) is 0 Å². The molecule has 0 aliphatic heterocycles. The van der Waals surface area contributed by atoms with Crippen LogP contribution in [0.15, 0.2) is 30.5 Å². The highest BCUT2D eigenvalue weighted by Gasteiger charge is 2.18. The summed E-state index contributed by atoms with van der Waals surface area (Å²) in [5.41, 5.74) is 7.09. The number of benzene rings is 1. The van der Waals surface area contributed by atoms with Crippen LogP contribution in [-0.4, -0.2) is 15.6 Å². The summed E-state index contributed by atoms with van der Waals surface area (Å²) < 4.78 is 3.72. The molecule has 82 valence electrons. The van der Waals surface area contributed by atoms with Gasteiger partial charge in [-0.2, -0.15) is 0 Å². The van der Waals surface area contributed by atoms with Crippen LogP contribution in [0, 0.1) is 6.92 Å². The van der Waals surface area contributed by atoms with E-state index in [0.717, 1.165) is 22.8 Å². The van der Waals surface area contributed by atoms with Crippen molar-refractivity contribution in [2.45, 2.75) is 6.92 Å². The Kier molecular flexibility index (Phi) is 2.82. The van der Waals surface area contributed by atoms with E-state index >= 15 is 0 Å². The zero-order chi connectivity index (χ0) is 11.5. The summed E-state index contributed by atoms with van der Waals surface area (Å²) in [5.74, 6) is 0. The lowest BCUT2D eigenvalue weighted by Crippen LogP contribution is -2.31. The first kappa shape index (κ1) is 10.6. The molecule has 2 rings (SSSR count). The van der Waals surface area contributed by atoms with E-state index in [4.69, 9.17) is 5.73 Å². The SMILES string of the molecule is Cc1ccccc1N(C(N)=O)c1cnns1. The Balaban J connectivity index is 2.50. The molecule has 0 unspecified atom stereocenters. The number of amides is 2. The standard InChI is InChI=1S/C10H10N4OS/c1-7-4-2-3-5-8(7)14(10(11)15)9-6-12-13-16-9/h2-6H,1H3,(H2,11,15). The van der Waals surface area contributed by atoms with E-state index < -0.39 is 6.03 Å². The number of hydrogen-bond donors (Lipinski definition) is 1. The number of anilines is 2. The minimum Gasteiger partial charge on any atom is -0.351 e. The minimum absolute atomic E-state index is 0.541. The van der Waals surface area contributed by atoms with Crippen LogP contribution in [0.4, 0.5) is 15.5 Å². The first-order valence-corrected chi connectivity index (χ1v) is 5.40.